The van der Waals surface area contributed by atoms with E-state index in [1.165, 1.54) is 6.33 Å². The monoisotopic (exact) mass is 318 g/mol. The number of amides is 1. The van der Waals surface area contributed by atoms with Crippen LogP contribution in [0.5, 0.6) is 0 Å². The summed E-state index contributed by atoms with van der Waals surface area (Å²) in [5, 5.41) is 14.2. The minimum atomic E-state index is -0.979. The van der Waals surface area contributed by atoms with Crippen LogP contribution in [0.15, 0.2) is 18.6 Å². The van der Waals surface area contributed by atoms with Crippen LogP contribution in [0, 0.1) is 5.41 Å². The van der Waals surface area contributed by atoms with Crippen molar-refractivity contribution in [2.75, 3.05) is 13.2 Å². The van der Waals surface area contributed by atoms with Crippen molar-refractivity contribution in [3.8, 4) is 0 Å². The van der Waals surface area contributed by atoms with Gasteiger partial charge in [-0.25, -0.2) is 9.97 Å². The van der Waals surface area contributed by atoms with Crippen molar-refractivity contribution < 1.29 is 14.6 Å². The normalized spacial score (nSPS) is 26.0. The number of ether oxygens (including phenoxy) is 1. The highest BCUT2D eigenvalue weighted by Gasteiger charge is 2.59. The van der Waals surface area contributed by atoms with Crippen molar-refractivity contribution in [3.63, 3.8) is 0 Å². The van der Waals surface area contributed by atoms with Gasteiger partial charge in [-0.15, -0.1) is 0 Å². The second-order valence-electron chi connectivity index (χ2n) is 6.55. The first-order valence-corrected chi connectivity index (χ1v) is 7.79. The van der Waals surface area contributed by atoms with Crippen LogP contribution in [0.2, 0.25) is 0 Å². The zero-order valence-corrected chi connectivity index (χ0v) is 13.6. The summed E-state index contributed by atoms with van der Waals surface area (Å²) in [6.45, 7) is 6.63. The first-order valence-electron chi connectivity index (χ1n) is 7.79. The molecule has 2 aromatic heterocycles. The summed E-state index contributed by atoms with van der Waals surface area (Å²) in [5.74, 6) is -0.318. The van der Waals surface area contributed by atoms with Crippen molar-refractivity contribution >= 4 is 16.9 Å². The lowest BCUT2D eigenvalue weighted by atomic mass is 9.56. The maximum absolute atomic E-state index is 12.4. The molecule has 2 aromatic rings. The van der Waals surface area contributed by atoms with Gasteiger partial charge in [-0.1, -0.05) is 13.8 Å². The molecule has 1 aliphatic carbocycles. The highest BCUT2D eigenvalue weighted by Crippen LogP contribution is 2.50. The first kappa shape index (κ1) is 15.9. The van der Waals surface area contributed by atoms with Crippen LogP contribution in [-0.2, 0) is 4.74 Å². The molecular weight excluding hydrogens is 296 g/mol. The first-order chi connectivity index (χ1) is 10.9. The molecule has 2 heterocycles. The third-order valence-electron chi connectivity index (χ3n) is 5.01. The molecule has 0 aromatic carbocycles. The molecule has 0 radical (unpaired) electrons. The Bertz CT molecular complexity index is 727. The third kappa shape index (κ3) is 2.49. The van der Waals surface area contributed by atoms with Crippen LogP contribution in [0.3, 0.4) is 0 Å². The lowest BCUT2D eigenvalue weighted by Crippen LogP contribution is -2.68. The van der Waals surface area contributed by atoms with Crippen LogP contribution in [0.4, 0.5) is 0 Å². The molecule has 1 amide bonds. The molecule has 1 aliphatic rings. The van der Waals surface area contributed by atoms with Gasteiger partial charge in [0.05, 0.1) is 17.1 Å². The molecule has 7 nitrogen and oxygen atoms in total. The molecule has 0 spiro atoms. The molecule has 7 heteroatoms. The molecule has 1 saturated carbocycles. The van der Waals surface area contributed by atoms with E-state index in [1.54, 1.807) is 12.3 Å². The Morgan fingerprint density at radius 2 is 2.30 bits per heavy atom. The summed E-state index contributed by atoms with van der Waals surface area (Å²) in [6.07, 6.45) is 3.58. The predicted molar refractivity (Wildman–Crippen MR) is 85.0 cm³/mol. The van der Waals surface area contributed by atoms with Crippen LogP contribution in [0.25, 0.3) is 11.0 Å². The van der Waals surface area contributed by atoms with Gasteiger partial charge in [0.1, 0.15) is 17.7 Å². The molecule has 3 N–H and O–H groups in total. The number of fused-ring (bicyclic) bond motifs is 1. The van der Waals surface area contributed by atoms with E-state index >= 15 is 0 Å². The summed E-state index contributed by atoms with van der Waals surface area (Å²) >= 11 is 0. The number of hydrogen-bond acceptors (Lipinski definition) is 5. The van der Waals surface area contributed by atoms with Gasteiger partial charge in [0.25, 0.3) is 5.91 Å². The van der Waals surface area contributed by atoms with E-state index in [1.807, 2.05) is 20.8 Å². The van der Waals surface area contributed by atoms with Crippen molar-refractivity contribution in [3.05, 3.63) is 24.3 Å². The summed E-state index contributed by atoms with van der Waals surface area (Å²) in [7, 11) is 0. The second-order valence-corrected chi connectivity index (χ2v) is 6.55. The Hall–Kier alpha value is -1.99. The number of rotatable bonds is 5. The molecule has 23 heavy (non-hydrogen) atoms. The van der Waals surface area contributed by atoms with E-state index in [2.05, 4.69) is 20.3 Å². The summed E-state index contributed by atoms with van der Waals surface area (Å²) in [5.41, 5.74) is -0.472. The quantitative estimate of drug-likeness (QED) is 0.770. The number of nitrogens with one attached hydrogen (secondary N) is 2. The number of nitrogens with zero attached hydrogens (tertiary/aromatic N) is 2. The highest BCUT2D eigenvalue weighted by molar-refractivity contribution is 6.03. The van der Waals surface area contributed by atoms with Gasteiger partial charge in [0.15, 0.2) is 0 Å². The van der Waals surface area contributed by atoms with Crippen molar-refractivity contribution in [1.82, 2.24) is 20.3 Å². The smallest absolute Gasteiger partial charge is 0.270 e. The van der Waals surface area contributed by atoms with E-state index in [9.17, 15) is 9.90 Å². The average molecular weight is 318 g/mol. The van der Waals surface area contributed by atoms with Crippen LogP contribution in [-0.4, -0.2) is 50.8 Å². The lowest BCUT2D eigenvalue weighted by Gasteiger charge is -2.57. The van der Waals surface area contributed by atoms with E-state index in [-0.39, 0.29) is 18.6 Å². The third-order valence-corrected chi connectivity index (χ3v) is 5.01. The fraction of sp³-hybridized carbons (Fsp3) is 0.562. The molecule has 2 unspecified atom stereocenters. The van der Waals surface area contributed by atoms with Crippen LogP contribution < -0.4 is 5.32 Å². The molecule has 1 fully saturated rings. The largest absolute Gasteiger partial charge is 0.387 e. The zero-order valence-electron chi connectivity index (χ0n) is 13.6. The fourth-order valence-electron chi connectivity index (χ4n) is 3.13. The van der Waals surface area contributed by atoms with E-state index in [0.717, 1.165) is 0 Å². The number of aromatic nitrogens is 3. The number of carbonyl (C=O) groups excluding carboxylic acids is 1. The fourth-order valence-corrected chi connectivity index (χ4v) is 3.13. The number of aromatic amines is 1. The standard InChI is InChI=1S/C16H22N4O3/c1-4-23-11-7-16(22,15(11,2)3)8-18-14(21)12-10-5-6-17-13(10)20-9-19-12/h5-6,9,11,22H,4,7-8H2,1-3H3,(H,18,21)(H,17,19,20). The van der Waals surface area contributed by atoms with Crippen LogP contribution >= 0.6 is 0 Å². The number of H-pyrrole nitrogens is 1. The highest BCUT2D eigenvalue weighted by atomic mass is 16.5. The maximum Gasteiger partial charge on any atom is 0.270 e. The second kappa shape index (κ2) is 5.58. The van der Waals surface area contributed by atoms with Crippen molar-refractivity contribution in [1.29, 1.82) is 0 Å². The van der Waals surface area contributed by atoms with Gasteiger partial charge in [0, 0.05) is 31.2 Å². The molecule has 2 atom stereocenters. The topological polar surface area (TPSA) is 100 Å². The maximum atomic E-state index is 12.4. The van der Waals surface area contributed by atoms with E-state index in [0.29, 0.717) is 29.8 Å². The average Bonchev–Trinajstić information content (AvgIpc) is 3.00. The molecule has 124 valence electrons. The Labute approximate surface area is 134 Å². The summed E-state index contributed by atoms with van der Waals surface area (Å²) in [4.78, 5) is 23.5. The number of carbonyl (C=O) groups is 1. The predicted octanol–water partition coefficient (Wildman–Crippen LogP) is 1.25. The van der Waals surface area contributed by atoms with Gasteiger partial charge in [-0.2, -0.15) is 0 Å². The Balaban J connectivity index is 1.69. The van der Waals surface area contributed by atoms with Crippen molar-refractivity contribution in [2.24, 2.45) is 5.41 Å². The minimum absolute atomic E-state index is 0.00447. The Kier molecular flexibility index (Phi) is 3.85. The number of aliphatic hydroxyl groups is 1. The van der Waals surface area contributed by atoms with Gasteiger partial charge in [0.2, 0.25) is 0 Å². The molecule has 0 bridgehead atoms. The molecule has 0 aliphatic heterocycles. The van der Waals surface area contributed by atoms with E-state index in [4.69, 9.17) is 4.74 Å². The van der Waals surface area contributed by atoms with Gasteiger partial charge >= 0.3 is 0 Å². The Morgan fingerprint density at radius 3 is 3.00 bits per heavy atom. The van der Waals surface area contributed by atoms with Crippen LogP contribution in [0.1, 0.15) is 37.7 Å². The van der Waals surface area contributed by atoms with Gasteiger partial charge in [-0.05, 0) is 13.0 Å². The Morgan fingerprint density at radius 1 is 1.52 bits per heavy atom. The molecular formula is C16H22N4O3. The van der Waals surface area contributed by atoms with Gasteiger partial charge in [-0.3, -0.25) is 4.79 Å². The SMILES string of the molecule is CCOC1CC(O)(CNC(=O)c2ncnc3[nH]ccc23)C1(C)C. The molecule has 3 rings (SSSR count). The summed E-state index contributed by atoms with van der Waals surface area (Å²) in [6, 6.07) is 1.76. The lowest BCUT2D eigenvalue weighted by molar-refractivity contribution is -0.237. The van der Waals surface area contributed by atoms with Crippen molar-refractivity contribution in [2.45, 2.75) is 38.9 Å². The zero-order chi connectivity index (χ0) is 16.7. The number of hydrogen-bond donors (Lipinski definition) is 3. The summed E-state index contributed by atoms with van der Waals surface area (Å²) < 4.78 is 5.63. The molecule has 0 saturated heterocycles. The van der Waals surface area contributed by atoms with E-state index < -0.39 is 11.0 Å². The minimum Gasteiger partial charge on any atom is -0.387 e. The van der Waals surface area contributed by atoms with Gasteiger partial charge < -0.3 is 20.1 Å².